The Morgan fingerprint density at radius 3 is 2.78 bits per heavy atom. The average Bonchev–Trinajstić information content (AvgIpc) is 3.08. The highest BCUT2D eigenvalue weighted by Gasteiger charge is 2.28. The van der Waals surface area contributed by atoms with Crippen molar-refractivity contribution >= 4 is 39.6 Å². The minimum atomic E-state index is -0.227. The molecule has 2 aliphatic carbocycles. The van der Waals surface area contributed by atoms with Crippen LogP contribution < -0.4 is 10.6 Å². The van der Waals surface area contributed by atoms with E-state index in [1.54, 1.807) is 11.3 Å². The van der Waals surface area contributed by atoms with Crippen LogP contribution in [-0.2, 0) is 17.6 Å². The maximum Gasteiger partial charge on any atom is 0.341 e. The Bertz CT molecular complexity index is 592. The Labute approximate surface area is 147 Å². The highest BCUT2D eigenvalue weighted by molar-refractivity contribution is 7.80. The maximum atomic E-state index is 12.3. The van der Waals surface area contributed by atoms with E-state index < -0.39 is 0 Å². The third kappa shape index (κ3) is 3.86. The summed E-state index contributed by atoms with van der Waals surface area (Å²) in [5, 5.41) is 8.15. The van der Waals surface area contributed by atoms with Crippen LogP contribution in [0.5, 0.6) is 0 Å². The fraction of sp³-hybridized carbons (Fsp3) is 0.647. The van der Waals surface area contributed by atoms with Gasteiger partial charge in [0.2, 0.25) is 0 Å². The normalized spacial score (nSPS) is 17.6. The molecule has 0 aromatic carbocycles. The van der Waals surface area contributed by atoms with Crippen LogP contribution in [0.25, 0.3) is 0 Å². The molecule has 1 saturated carbocycles. The monoisotopic (exact) mass is 352 g/mol. The maximum absolute atomic E-state index is 12.3. The van der Waals surface area contributed by atoms with Crippen LogP contribution in [0.2, 0.25) is 0 Å². The molecule has 126 valence electrons. The second-order valence-corrected chi connectivity index (χ2v) is 7.73. The lowest BCUT2D eigenvalue weighted by atomic mass is 9.96. The molecule has 4 nitrogen and oxygen atoms in total. The van der Waals surface area contributed by atoms with Gasteiger partial charge in [-0.15, -0.1) is 11.3 Å². The van der Waals surface area contributed by atoms with E-state index in [0.29, 0.717) is 23.3 Å². The van der Waals surface area contributed by atoms with E-state index in [9.17, 15) is 4.79 Å². The number of carbonyl (C=O) groups excluding carboxylic acids is 1. The van der Waals surface area contributed by atoms with Crippen LogP contribution in [0.3, 0.4) is 0 Å². The van der Waals surface area contributed by atoms with Gasteiger partial charge in [-0.3, -0.25) is 0 Å². The summed E-state index contributed by atoms with van der Waals surface area (Å²) in [6, 6.07) is 0.460. The first-order valence-electron chi connectivity index (χ1n) is 8.58. The summed E-state index contributed by atoms with van der Waals surface area (Å²) in [4.78, 5) is 13.6. The Balaban J connectivity index is 1.71. The Morgan fingerprint density at radius 1 is 1.26 bits per heavy atom. The number of ether oxygens (including phenoxy) is 1. The third-order valence-electron chi connectivity index (χ3n) is 4.57. The second-order valence-electron chi connectivity index (χ2n) is 6.22. The summed E-state index contributed by atoms with van der Waals surface area (Å²) >= 11 is 7.12. The molecule has 0 amide bonds. The minimum Gasteiger partial charge on any atom is -0.462 e. The Kier molecular flexibility index (Phi) is 5.54. The predicted molar refractivity (Wildman–Crippen MR) is 98.5 cm³/mol. The molecular formula is C17H24N2O2S2. The Hall–Kier alpha value is -1.14. The smallest absolute Gasteiger partial charge is 0.341 e. The number of hydrogen-bond acceptors (Lipinski definition) is 4. The molecule has 23 heavy (non-hydrogen) atoms. The standard InChI is InChI=1S/C17H24N2O2S2/c1-2-21-16(20)14-12-9-6-10-13(12)23-15(14)19-17(22)18-11-7-4-3-5-8-11/h11H,2-10H2,1H3,(H2,18,19,22). The number of thiophene rings is 1. The van der Waals surface area contributed by atoms with Gasteiger partial charge in [0.1, 0.15) is 5.00 Å². The van der Waals surface area contributed by atoms with Crippen LogP contribution in [0.15, 0.2) is 0 Å². The molecule has 0 aliphatic heterocycles. The van der Waals surface area contributed by atoms with Gasteiger partial charge >= 0.3 is 5.97 Å². The van der Waals surface area contributed by atoms with Crippen molar-refractivity contribution in [3.63, 3.8) is 0 Å². The molecule has 0 radical (unpaired) electrons. The van der Waals surface area contributed by atoms with Gasteiger partial charge in [-0.2, -0.15) is 0 Å². The molecule has 0 saturated heterocycles. The number of esters is 1. The van der Waals surface area contributed by atoms with E-state index in [4.69, 9.17) is 17.0 Å². The van der Waals surface area contributed by atoms with Crippen molar-refractivity contribution in [3.05, 3.63) is 16.0 Å². The second kappa shape index (κ2) is 7.62. The van der Waals surface area contributed by atoms with Gasteiger partial charge in [0.15, 0.2) is 5.11 Å². The zero-order valence-corrected chi connectivity index (χ0v) is 15.2. The van der Waals surface area contributed by atoms with E-state index in [1.807, 2.05) is 6.92 Å². The summed E-state index contributed by atoms with van der Waals surface area (Å²) in [5.74, 6) is -0.227. The number of carbonyl (C=O) groups is 1. The average molecular weight is 353 g/mol. The molecule has 0 unspecified atom stereocenters. The molecule has 1 aromatic rings. The van der Waals surface area contributed by atoms with Crippen molar-refractivity contribution in [3.8, 4) is 0 Å². The number of nitrogens with one attached hydrogen (secondary N) is 2. The van der Waals surface area contributed by atoms with Gasteiger partial charge in [0, 0.05) is 10.9 Å². The topological polar surface area (TPSA) is 50.4 Å². The lowest BCUT2D eigenvalue weighted by Gasteiger charge is -2.24. The molecule has 0 bridgehead atoms. The van der Waals surface area contributed by atoms with Crippen LogP contribution in [-0.4, -0.2) is 23.7 Å². The fourth-order valence-corrected chi connectivity index (χ4v) is 5.10. The van der Waals surface area contributed by atoms with Crippen molar-refractivity contribution in [2.24, 2.45) is 0 Å². The fourth-order valence-electron chi connectivity index (χ4n) is 3.48. The van der Waals surface area contributed by atoms with Gasteiger partial charge in [-0.05, 0) is 56.8 Å². The number of fused-ring (bicyclic) bond motifs is 1. The van der Waals surface area contributed by atoms with E-state index in [0.717, 1.165) is 29.8 Å². The summed E-state index contributed by atoms with van der Waals surface area (Å²) in [6.07, 6.45) is 9.34. The summed E-state index contributed by atoms with van der Waals surface area (Å²) < 4.78 is 5.25. The van der Waals surface area contributed by atoms with Gasteiger partial charge in [0.25, 0.3) is 0 Å². The molecule has 2 N–H and O–H groups in total. The minimum absolute atomic E-state index is 0.227. The quantitative estimate of drug-likeness (QED) is 0.633. The number of thiocarbonyl (C=S) groups is 1. The van der Waals surface area contributed by atoms with Crippen LogP contribution in [0.1, 0.15) is 66.2 Å². The number of rotatable bonds is 4. The molecule has 6 heteroatoms. The highest BCUT2D eigenvalue weighted by Crippen LogP contribution is 2.39. The van der Waals surface area contributed by atoms with Crippen molar-refractivity contribution in [2.45, 2.75) is 64.3 Å². The van der Waals surface area contributed by atoms with Gasteiger partial charge in [-0.1, -0.05) is 19.3 Å². The lowest BCUT2D eigenvalue weighted by molar-refractivity contribution is 0.0527. The first-order chi connectivity index (χ1) is 11.2. The zero-order valence-electron chi connectivity index (χ0n) is 13.6. The SMILES string of the molecule is CCOC(=O)c1c(NC(=S)NC2CCCCC2)sc2c1CCC2. The van der Waals surface area contributed by atoms with Gasteiger partial charge < -0.3 is 15.4 Å². The molecule has 1 aromatic heterocycles. The molecule has 0 atom stereocenters. The van der Waals surface area contributed by atoms with E-state index in [-0.39, 0.29) is 5.97 Å². The molecule has 2 aliphatic rings. The predicted octanol–water partition coefficient (Wildman–Crippen LogP) is 4.03. The molecule has 3 rings (SSSR count). The largest absolute Gasteiger partial charge is 0.462 e. The first-order valence-corrected chi connectivity index (χ1v) is 9.80. The summed E-state index contributed by atoms with van der Waals surface area (Å²) in [7, 11) is 0. The molecule has 1 fully saturated rings. The van der Waals surface area contributed by atoms with Crippen LogP contribution in [0, 0.1) is 0 Å². The Morgan fingerprint density at radius 2 is 2.04 bits per heavy atom. The molecular weight excluding hydrogens is 328 g/mol. The summed E-state index contributed by atoms with van der Waals surface area (Å²) in [6.45, 7) is 2.24. The van der Waals surface area contributed by atoms with Gasteiger partial charge in [0.05, 0.1) is 12.2 Å². The first kappa shape index (κ1) is 16.7. The summed E-state index contributed by atoms with van der Waals surface area (Å²) in [5.41, 5.74) is 1.87. The zero-order chi connectivity index (χ0) is 16.2. The number of hydrogen-bond donors (Lipinski definition) is 2. The van der Waals surface area contributed by atoms with Crippen molar-refractivity contribution in [2.75, 3.05) is 11.9 Å². The highest BCUT2D eigenvalue weighted by atomic mass is 32.1. The van der Waals surface area contributed by atoms with Gasteiger partial charge in [-0.25, -0.2) is 4.79 Å². The van der Waals surface area contributed by atoms with Crippen molar-refractivity contribution < 1.29 is 9.53 Å². The molecule has 0 spiro atoms. The van der Waals surface area contributed by atoms with E-state index in [2.05, 4.69) is 10.6 Å². The van der Waals surface area contributed by atoms with Crippen LogP contribution in [0.4, 0.5) is 5.00 Å². The lowest BCUT2D eigenvalue weighted by Crippen LogP contribution is -2.38. The third-order valence-corrected chi connectivity index (χ3v) is 6.00. The number of aryl methyl sites for hydroxylation is 1. The number of anilines is 1. The van der Waals surface area contributed by atoms with E-state index >= 15 is 0 Å². The van der Waals surface area contributed by atoms with E-state index in [1.165, 1.54) is 37.0 Å². The van der Waals surface area contributed by atoms with Crippen molar-refractivity contribution in [1.29, 1.82) is 0 Å². The van der Waals surface area contributed by atoms with Crippen molar-refractivity contribution in [1.82, 2.24) is 5.32 Å². The van der Waals surface area contributed by atoms with Crippen LogP contribution >= 0.6 is 23.6 Å². The molecule has 1 heterocycles.